The zero-order chi connectivity index (χ0) is 9.14. The molecule has 1 unspecified atom stereocenters. The zero-order valence-corrected chi connectivity index (χ0v) is 6.49. The number of nitrogens with zero attached hydrogens (tertiary/aromatic N) is 1. The third-order valence-electron chi connectivity index (χ3n) is 1.57. The van der Waals surface area contributed by atoms with Gasteiger partial charge in [0.15, 0.2) is 0 Å². The standard InChI is InChI=1S/C8H8FNO2/c1-5-2-3-10-4-6(5)7(9)8(11)12/h2-4,7H,1H3,(H,11,12). The van der Waals surface area contributed by atoms with Crippen molar-refractivity contribution in [2.45, 2.75) is 13.1 Å². The van der Waals surface area contributed by atoms with Crippen LogP contribution in [0.1, 0.15) is 17.3 Å². The summed E-state index contributed by atoms with van der Waals surface area (Å²) >= 11 is 0. The second-order valence-corrected chi connectivity index (χ2v) is 2.43. The van der Waals surface area contributed by atoms with Gasteiger partial charge >= 0.3 is 5.97 Å². The summed E-state index contributed by atoms with van der Waals surface area (Å²) in [5.74, 6) is -1.48. The molecule has 0 bridgehead atoms. The third kappa shape index (κ3) is 1.58. The molecule has 0 saturated heterocycles. The monoisotopic (exact) mass is 169 g/mol. The van der Waals surface area contributed by atoms with Gasteiger partial charge in [-0.05, 0) is 18.6 Å². The molecular formula is C8H8FNO2. The average Bonchev–Trinajstić information content (AvgIpc) is 2.04. The van der Waals surface area contributed by atoms with Gasteiger partial charge < -0.3 is 5.11 Å². The quantitative estimate of drug-likeness (QED) is 0.729. The Morgan fingerprint density at radius 2 is 2.42 bits per heavy atom. The van der Waals surface area contributed by atoms with Crippen LogP contribution in [0.15, 0.2) is 18.5 Å². The topological polar surface area (TPSA) is 50.2 Å². The van der Waals surface area contributed by atoms with Gasteiger partial charge in [0.2, 0.25) is 6.17 Å². The number of aromatic nitrogens is 1. The van der Waals surface area contributed by atoms with E-state index in [1.165, 1.54) is 12.4 Å². The van der Waals surface area contributed by atoms with E-state index in [1.54, 1.807) is 13.0 Å². The smallest absolute Gasteiger partial charge is 0.343 e. The van der Waals surface area contributed by atoms with Gasteiger partial charge in [0.05, 0.1) is 0 Å². The molecule has 0 aliphatic rings. The number of rotatable bonds is 2. The molecule has 0 saturated carbocycles. The van der Waals surface area contributed by atoms with Crippen molar-refractivity contribution >= 4 is 5.97 Å². The number of aliphatic carboxylic acids is 1. The summed E-state index contributed by atoms with van der Waals surface area (Å²) < 4.78 is 12.9. The lowest BCUT2D eigenvalue weighted by Gasteiger charge is -2.04. The van der Waals surface area contributed by atoms with E-state index in [1.807, 2.05) is 0 Å². The van der Waals surface area contributed by atoms with E-state index in [4.69, 9.17) is 5.11 Å². The minimum atomic E-state index is -1.97. The fourth-order valence-electron chi connectivity index (χ4n) is 0.875. The van der Waals surface area contributed by atoms with E-state index in [2.05, 4.69) is 4.98 Å². The Morgan fingerprint density at radius 1 is 1.75 bits per heavy atom. The van der Waals surface area contributed by atoms with E-state index >= 15 is 0 Å². The van der Waals surface area contributed by atoms with Crippen molar-refractivity contribution in [3.63, 3.8) is 0 Å². The molecule has 3 nitrogen and oxygen atoms in total. The first-order valence-corrected chi connectivity index (χ1v) is 3.40. The molecule has 0 fully saturated rings. The minimum absolute atomic E-state index is 0.116. The lowest BCUT2D eigenvalue weighted by Crippen LogP contribution is -2.07. The Kier molecular flexibility index (Phi) is 2.38. The maximum atomic E-state index is 12.9. The SMILES string of the molecule is Cc1ccncc1C(F)C(=O)O. The number of pyridine rings is 1. The Labute approximate surface area is 68.9 Å². The summed E-state index contributed by atoms with van der Waals surface area (Å²) in [6.45, 7) is 1.65. The van der Waals surface area contributed by atoms with Crippen molar-refractivity contribution in [2.75, 3.05) is 0 Å². The highest BCUT2D eigenvalue weighted by Crippen LogP contribution is 2.19. The summed E-state index contributed by atoms with van der Waals surface area (Å²) in [5.41, 5.74) is 0.713. The number of carboxylic acids is 1. The van der Waals surface area contributed by atoms with Crippen LogP contribution < -0.4 is 0 Å². The summed E-state index contributed by atoms with van der Waals surface area (Å²) in [4.78, 5) is 13.9. The molecule has 0 aromatic carbocycles. The molecule has 1 aromatic rings. The summed E-state index contributed by atoms with van der Waals surface area (Å²) in [6, 6.07) is 1.57. The van der Waals surface area contributed by atoms with Crippen LogP contribution in [0, 0.1) is 6.92 Å². The first-order valence-electron chi connectivity index (χ1n) is 3.40. The van der Waals surface area contributed by atoms with E-state index in [0.29, 0.717) is 5.56 Å². The van der Waals surface area contributed by atoms with E-state index < -0.39 is 12.1 Å². The zero-order valence-electron chi connectivity index (χ0n) is 6.49. The van der Waals surface area contributed by atoms with Gasteiger partial charge in [0.1, 0.15) is 0 Å². The van der Waals surface area contributed by atoms with Gasteiger partial charge in [-0.3, -0.25) is 4.98 Å². The van der Waals surface area contributed by atoms with Gasteiger partial charge in [0.25, 0.3) is 0 Å². The number of carboxylic acid groups (broad SMARTS) is 1. The number of aryl methyl sites for hydroxylation is 1. The van der Waals surface area contributed by atoms with Gasteiger partial charge in [-0.25, -0.2) is 9.18 Å². The predicted octanol–water partition coefficient (Wildman–Crippen LogP) is 1.49. The number of alkyl halides is 1. The van der Waals surface area contributed by atoms with Crippen molar-refractivity contribution < 1.29 is 14.3 Å². The van der Waals surface area contributed by atoms with Crippen molar-refractivity contribution in [1.82, 2.24) is 4.98 Å². The number of halogens is 1. The van der Waals surface area contributed by atoms with Crippen LogP contribution in [0.25, 0.3) is 0 Å². The molecule has 1 aromatic heterocycles. The van der Waals surface area contributed by atoms with Crippen LogP contribution in [0.2, 0.25) is 0 Å². The van der Waals surface area contributed by atoms with Crippen LogP contribution in [0.3, 0.4) is 0 Å². The molecule has 64 valence electrons. The first kappa shape index (κ1) is 8.64. The molecule has 0 amide bonds. The second-order valence-electron chi connectivity index (χ2n) is 2.43. The second kappa shape index (κ2) is 3.30. The molecular weight excluding hydrogens is 161 g/mol. The lowest BCUT2D eigenvalue weighted by molar-refractivity contribution is -0.143. The van der Waals surface area contributed by atoms with Crippen LogP contribution in [-0.2, 0) is 4.79 Å². The summed E-state index contributed by atoms with van der Waals surface area (Å²) in [6.07, 6.45) is 0.750. The molecule has 1 N–H and O–H groups in total. The maximum Gasteiger partial charge on any atom is 0.343 e. The van der Waals surface area contributed by atoms with Gasteiger partial charge in [-0.15, -0.1) is 0 Å². The Balaban J connectivity index is 3.02. The Hall–Kier alpha value is -1.45. The van der Waals surface area contributed by atoms with Gasteiger partial charge in [-0.2, -0.15) is 0 Å². The minimum Gasteiger partial charge on any atom is -0.479 e. The fraction of sp³-hybridized carbons (Fsp3) is 0.250. The molecule has 4 heteroatoms. The fourth-order valence-corrected chi connectivity index (χ4v) is 0.875. The largest absolute Gasteiger partial charge is 0.479 e. The molecule has 0 radical (unpaired) electrons. The van der Waals surface area contributed by atoms with Crippen molar-refractivity contribution in [3.8, 4) is 0 Å². The maximum absolute atomic E-state index is 12.9. The normalized spacial score (nSPS) is 12.5. The van der Waals surface area contributed by atoms with Crippen molar-refractivity contribution in [1.29, 1.82) is 0 Å². The lowest BCUT2D eigenvalue weighted by atomic mass is 10.1. The number of hydrogen-bond acceptors (Lipinski definition) is 2. The molecule has 0 spiro atoms. The molecule has 1 rings (SSSR count). The highest BCUT2D eigenvalue weighted by atomic mass is 19.1. The average molecular weight is 169 g/mol. The van der Waals surface area contributed by atoms with Crippen molar-refractivity contribution in [2.24, 2.45) is 0 Å². The van der Waals surface area contributed by atoms with Crippen LogP contribution in [0.4, 0.5) is 4.39 Å². The predicted molar refractivity (Wildman–Crippen MR) is 40.5 cm³/mol. The highest BCUT2D eigenvalue weighted by molar-refractivity contribution is 5.74. The Morgan fingerprint density at radius 3 is 2.92 bits per heavy atom. The Bertz CT molecular complexity index is 301. The van der Waals surface area contributed by atoms with E-state index in [0.717, 1.165) is 0 Å². The van der Waals surface area contributed by atoms with Gasteiger partial charge in [-0.1, -0.05) is 0 Å². The first-order chi connectivity index (χ1) is 5.63. The van der Waals surface area contributed by atoms with Crippen LogP contribution in [0.5, 0.6) is 0 Å². The van der Waals surface area contributed by atoms with Crippen LogP contribution >= 0.6 is 0 Å². The molecule has 1 heterocycles. The van der Waals surface area contributed by atoms with E-state index in [9.17, 15) is 9.18 Å². The van der Waals surface area contributed by atoms with E-state index in [-0.39, 0.29) is 5.56 Å². The molecule has 0 aliphatic heterocycles. The summed E-state index contributed by atoms with van der Waals surface area (Å²) in [7, 11) is 0. The van der Waals surface area contributed by atoms with Crippen LogP contribution in [-0.4, -0.2) is 16.1 Å². The van der Waals surface area contributed by atoms with Gasteiger partial charge in [0, 0.05) is 18.0 Å². The van der Waals surface area contributed by atoms with Crippen molar-refractivity contribution in [3.05, 3.63) is 29.6 Å². The third-order valence-corrected chi connectivity index (χ3v) is 1.57. The molecule has 12 heavy (non-hydrogen) atoms. The number of hydrogen-bond donors (Lipinski definition) is 1. The highest BCUT2D eigenvalue weighted by Gasteiger charge is 2.19. The summed E-state index contributed by atoms with van der Waals surface area (Å²) in [5, 5.41) is 8.36. The molecule has 1 atom stereocenters. The molecule has 0 aliphatic carbocycles. The number of carbonyl (C=O) groups is 1.